The Labute approximate surface area is 126 Å². The summed E-state index contributed by atoms with van der Waals surface area (Å²) in [5.74, 6) is -0.790. The predicted molar refractivity (Wildman–Crippen MR) is 82.6 cm³/mol. The van der Waals surface area contributed by atoms with Gasteiger partial charge in [0.05, 0.1) is 6.61 Å². The fourth-order valence-corrected chi connectivity index (χ4v) is 2.47. The summed E-state index contributed by atoms with van der Waals surface area (Å²) >= 11 is 0. The van der Waals surface area contributed by atoms with Gasteiger partial charge in [0.1, 0.15) is 5.66 Å². The molecule has 0 aliphatic carbocycles. The van der Waals surface area contributed by atoms with Crippen LogP contribution in [0.2, 0.25) is 0 Å². The lowest BCUT2D eigenvalue weighted by Gasteiger charge is -2.15. The molecule has 0 rings (SSSR count). The number of hydrogen-bond donors (Lipinski definition) is 3. The second-order valence-electron chi connectivity index (χ2n) is 5.16. The van der Waals surface area contributed by atoms with Crippen molar-refractivity contribution in [2.75, 3.05) is 6.61 Å². The Morgan fingerprint density at radius 2 is 1.90 bits per heavy atom. The van der Waals surface area contributed by atoms with E-state index in [0.717, 1.165) is 18.4 Å². The van der Waals surface area contributed by atoms with E-state index in [1.165, 1.54) is 12.5 Å². The lowest BCUT2D eigenvalue weighted by Crippen LogP contribution is -2.34. The SMILES string of the molecule is CCC(C(=O)NOC/C=C(\C)CCC=C(C)C)P(=O)(O)O. The molecule has 7 heteroatoms. The van der Waals surface area contributed by atoms with Gasteiger partial charge in [-0.05, 0) is 40.0 Å². The molecule has 0 aliphatic heterocycles. The van der Waals surface area contributed by atoms with Gasteiger partial charge in [-0.3, -0.25) is 14.2 Å². The molecule has 6 nitrogen and oxygen atoms in total. The zero-order valence-electron chi connectivity index (χ0n) is 13.1. The van der Waals surface area contributed by atoms with Crippen molar-refractivity contribution in [3.05, 3.63) is 23.3 Å². The highest BCUT2D eigenvalue weighted by Gasteiger charge is 2.33. The van der Waals surface area contributed by atoms with Crippen molar-refractivity contribution in [1.82, 2.24) is 5.48 Å². The molecule has 0 bridgehead atoms. The molecule has 21 heavy (non-hydrogen) atoms. The fourth-order valence-electron chi connectivity index (χ4n) is 1.63. The summed E-state index contributed by atoms with van der Waals surface area (Å²) < 4.78 is 11.1. The molecule has 0 aliphatic rings. The van der Waals surface area contributed by atoms with E-state index in [-0.39, 0.29) is 13.0 Å². The van der Waals surface area contributed by atoms with Crippen LogP contribution in [-0.2, 0) is 14.2 Å². The van der Waals surface area contributed by atoms with Crippen molar-refractivity contribution in [2.24, 2.45) is 0 Å². The van der Waals surface area contributed by atoms with Crippen LogP contribution in [-0.4, -0.2) is 28.0 Å². The molecule has 0 radical (unpaired) electrons. The third kappa shape index (κ3) is 9.58. The van der Waals surface area contributed by atoms with E-state index in [0.29, 0.717) is 0 Å². The molecule has 122 valence electrons. The summed E-state index contributed by atoms with van der Waals surface area (Å²) in [4.78, 5) is 34.5. The van der Waals surface area contributed by atoms with E-state index >= 15 is 0 Å². The molecular formula is C14H26NO5P. The monoisotopic (exact) mass is 319 g/mol. The Hall–Kier alpha value is -0.940. The molecule has 0 aromatic rings. The summed E-state index contributed by atoms with van der Waals surface area (Å²) in [6.45, 7) is 7.76. The normalized spacial score (nSPS) is 13.7. The Kier molecular flexibility index (Phi) is 9.46. The van der Waals surface area contributed by atoms with Crippen LogP contribution in [0.3, 0.4) is 0 Å². The molecule has 0 fully saturated rings. The van der Waals surface area contributed by atoms with E-state index < -0.39 is 19.2 Å². The van der Waals surface area contributed by atoms with Crippen molar-refractivity contribution in [2.45, 2.75) is 52.6 Å². The molecule has 0 aromatic carbocycles. The lowest BCUT2D eigenvalue weighted by molar-refractivity contribution is -0.132. The van der Waals surface area contributed by atoms with Gasteiger partial charge in [-0.25, -0.2) is 5.48 Å². The minimum atomic E-state index is -4.44. The fraction of sp³-hybridized carbons (Fsp3) is 0.643. The van der Waals surface area contributed by atoms with Crippen LogP contribution in [0.4, 0.5) is 0 Å². The summed E-state index contributed by atoms with van der Waals surface area (Å²) in [5, 5.41) is 0. The number of hydrogen-bond acceptors (Lipinski definition) is 3. The van der Waals surface area contributed by atoms with E-state index in [1.54, 1.807) is 0 Å². The molecule has 0 spiro atoms. The maximum Gasteiger partial charge on any atom is 0.338 e. The van der Waals surface area contributed by atoms with Crippen molar-refractivity contribution in [3.63, 3.8) is 0 Å². The van der Waals surface area contributed by atoms with Gasteiger partial charge in [0.2, 0.25) is 0 Å². The van der Waals surface area contributed by atoms with Crippen LogP contribution < -0.4 is 5.48 Å². The van der Waals surface area contributed by atoms with Crippen LogP contribution in [0.15, 0.2) is 23.3 Å². The predicted octanol–water partition coefficient (Wildman–Crippen LogP) is 2.68. The van der Waals surface area contributed by atoms with Crippen molar-refractivity contribution in [3.8, 4) is 0 Å². The van der Waals surface area contributed by atoms with Crippen LogP contribution in [0.1, 0.15) is 47.0 Å². The van der Waals surface area contributed by atoms with Gasteiger partial charge in [-0.15, -0.1) is 0 Å². The van der Waals surface area contributed by atoms with Gasteiger partial charge in [-0.2, -0.15) is 0 Å². The lowest BCUT2D eigenvalue weighted by atomic mass is 10.1. The Bertz CT molecular complexity index is 435. The molecule has 1 amide bonds. The minimum absolute atomic E-state index is 0.0526. The van der Waals surface area contributed by atoms with Crippen LogP contribution in [0.25, 0.3) is 0 Å². The van der Waals surface area contributed by atoms with Crippen LogP contribution in [0.5, 0.6) is 0 Å². The van der Waals surface area contributed by atoms with Gasteiger partial charge < -0.3 is 9.79 Å². The van der Waals surface area contributed by atoms with Gasteiger partial charge in [0.25, 0.3) is 5.91 Å². The topological polar surface area (TPSA) is 95.9 Å². The maximum atomic E-state index is 11.6. The third-order valence-corrected chi connectivity index (χ3v) is 4.29. The first-order chi connectivity index (χ1) is 9.68. The molecule has 1 atom stereocenters. The molecule has 0 saturated carbocycles. The highest BCUT2D eigenvalue weighted by Crippen LogP contribution is 2.42. The summed E-state index contributed by atoms with van der Waals surface area (Å²) in [6, 6.07) is 0. The van der Waals surface area contributed by atoms with E-state index in [1.807, 2.05) is 26.8 Å². The third-order valence-electron chi connectivity index (χ3n) is 2.87. The molecule has 0 aromatic heterocycles. The van der Waals surface area contributed by atoms with E-state index in [4.69, 9.17) is 14.6 Å². The largest absolute Gasteiger partial charge is 0.338 e. The first-order valence-corrected chi connectivity index (χ1v) is 8.62. The molecule has 1 unspecified atom stereocenters. The van der Waals surface area contributed by atoms with Crippen molar-refractivity contribution < 1.29 is 24.0 Å². The Morgan fingerprint density at radius 3 is 2.38 bits per heavy atom. The molecule has 3 N–H and O–H groups in total. The van der Waals surface area contributed by atoms with Gasteiger partial charge in [0.15, 0.2) is 0 Å². The highest BCUT2D eigenvalue weighted by atomic mass is 31.2. The van der Waals surface area contributed by atoms with Crippen molar-refractivity contribution >= 4 is 13.5 Å². The van der Waals surface area contributed by atoms with Crippen LogP contribution in [0, 0.1) is 0 Å². The van der Waals surface area contributed by atoms with Gasteiger partial charge >= 0.3 is 7.60 Å². The average Bonchev–Trinajstić information content (AvgIpc) is 2.33. The summed E-state index contributed by atoms with van der Waals surface area (Å²) in [6.07, 6.45) is 5.89. The zero-order valence-corrected chi connectivity index (χ0v) is 14.0. The molecular weight excluding hydrogens is 293 g/mol. The number of hydroxylamine groups is 1. The van der Waals surface area contributed by atoms with E-state index in [9.17, 15) is 9.36 Å². The van der Waals surface area contributed by atoms with Crippen molar-refractivity contribution in [1.29, 1.82) is 0 Å². The quantitative estimate of drug-likeness (QED) is 0.263. The number of amides is 1. The number of carbonyl (C=O) groups is 1. The number of carbonyl (C=O) groups excluding carboxylic acids is 1. The smallest absolute Gasteiger partial charge is 0.324 e. The van der Waals surface area contributed by atoms with Gasteiger partial charge in [-0.1, -0.05) is 30.2 Å². The molecule has 0 heterocycles. The van der Waals surface area contributed by atoms with E-state index in [2.05, 4.69) is 11.6 Å². The van der Waals surface area contributed by atoms with Crippen LogP contribution >= 0.6 is 7.60 Å². The first kappa shape index (κ1) is 20.1. The highest BCUT2D eigenvalue weighted by molar-refractivity contribution is 7.53. The second-order valence-corrected chi connectivity index (χ2v) is 6.96. The first-order valence-electron chi connectivity index (χ1n) is 6.94. The summed E-state index contributed by atoms with van der Waals surface area (Å²) in [7, 11) is -4.44. The Morgan fingerprint density at radius 1 is 1.29 bits per heavy atom. The number of allylic oxidation sites excluding steroid dienone is 3. The standard InChI is InChI=1S/C14H26NO5P/c1-5-13(21(17,18)19)14(16)15-20-10-9-12(4)8-6-7-11(2)3/h7,9,13H,5-6,8,10H2,1-4H3,(H,15,16)(H2,17,18,19)/b12-9+. The molecule has 0 saturated heterocycles. The number of rotatable bonds is 9. The maximum absolute atomic E-state index is 11.6. The van der Waals surface area contributed by atoms with Gasteiger partial charge in [0, 0.05) is 0 Å². The minimum Gasteiger partial charge on any atom is -0.324 e. The Balaban J connectivity index is 4.11. The second kappa shape index (κ2) is 9.90. The average molecular weight is 319 g/mol. The number of nitrogens with one attached hydrogen (secondary N) is 1. The summed E-state index contributed by atoms with van der Waals surface area (Å²) in [5.41, 5.74) is 3.12. The zero-order chi connectivity index (χ0) is 16.5.